The molecule has 0 spiro atoms. The molecule has 10 heteroatoms. The standard InChI is InChI=1S/C25H23ClN4O4S/c1-4-28(5-2)24(32)21-15(3)27-25-29(22(21)17-9-11-18(26)12-10-17)23(31)20(35-25)14-16-7-6-8-19(13-16)30(33)34/h6-14,22H,4-5H2,1-3H3/b20-14+/t22-/m1/s1. The highest BCUT2D eigenvalue weighted by molar-refractivity contribution is 7.07. The molecule has 8 nitrogen and oxygen atoms in total. The Morgan fingerprint density at radius 2 is 1.91 bits per heavy atom. The molecule has 4 rings (SSSR count). The number of carbonyl (C=O) groups excluding carboxylic acids is 1. The summed E-state index contributed by atoms with van der Waals surface area (Å²) >= 11 is 7.29. The number of aromatic nitrogens is 1. The summed E-state index contributed by atoms with van der Waals surface area (Å²) < 4.78 is 1.90. The molecule has 0 fully saturated rings. The van der Waals surface area contributed by atoms with Gasteiger partial charge in [-0.15, -0.1) is 0 Å². The molecule has 0 bridgehead atoms. The molecular weight excluding hydrogens is 488 g/mol. The molecule has 35 heavy (non-hydrogen) atoms. The monoisotopic (exact) mass is 510 g/mol. The summed E-state index contributed by atoms with van der Waals surface area (Å²) in [6.07, 6.45) is 1.61. The van der Waals surface area contributed by atoms with E-state index in [1.54, 1.807) is 54.3 Å². The van der Waals surface area contributed by atoms with E-state index in [9.17, 15) is 19.7 Å². The quantitative estimate of drug-likeness (QED) is 0.373. The van der Waals surface area contributed by atoms with Gasteiger partial charge in [-0.2, -0.15) is 0 Å². The molecule has 2 heterocycles. The van der Waals surface area contributed by atoms with Gasteiger partial charge in [-0.1, -0.05) is 47.2 Å². The Labute approximate surface area is 210 Å². The molecule has 0 saturated carbocycles. The van der Waals surface area contributed by atoms with E-state index in [1.165, 1.54) is 28.0 Å². The molecule has 1 aromatic heterocycles. The number of nitro groups is 1. The van der Waals surface area contributed by atoms with Crippen LogP contribution in [0.5, 0.6) is 0 Å². The Kier molecular flexibility index (Phi) is 7.00. The number of allylic oxidation sites excluding steroid dienone is 1. The number of rotatable bonds is 6. The van der Waals surface area contributed by atoms with Gasteiger partial charge in [-0.25, -0.2) is 4.99 Å². The van der Waals surface area contributed by atoms with Crippen LogP contribution in [0.2, 0.25) is 5.02 Å². The van der Waals surface area contributed by atoms with E-state index in [-0.39, 0.29) is 17.2 Å². The van der Waals surface area contributed by atoms with Crippen molar-refractivity contribution in [3.63, 3.8) is 0 Å². The number of benzene rings is 2. The molecule has 0 unspecified atom stereocenters. The van der Waals surface area contributed by atoms with Gasteiger partial charge in [0.05, 0.1) is 26.8 Å². The molecule has 1 amide bonds. The molecule has 0 saturated heterocycles. The van der Waals surface area contributed by atoms with Crippen LogP contribution in [0.15, 0.2) is 69.6 Å². The second kappa shape index (κ2) is 9.97. The maximum absolute atomic E-state index is 13.6. The fourth-order valence-corrected chi connectivity index (χ4v) is 5.29. The van der Waals surface area contributed by atoms with Gasteiger partial charge in [-0.05, 0) is 50.1 Å². The maximum atomic E-state index is 13.6. The fourth-order valence-electron chi connectivity index (χ4n) is 4.12. The first-order valence-electron chi connectivity index (χ1n) is 11.1. The van der Waals surface area contributed by atoms with Gasteiger partial charge in [0.1, 0.15) is 0 Å². The van der Waals surface area contributed by atoms with Gasteiger partial charge in [0.2, 0.25) is 0 Å². The van der Waals surface area contributed by atoms with Crippen LogP contribution >= 0.6 is 22.9 Å². The Balaban J connectivity index is 1.95. The lowest BCUT2D eigenvalue weighted by Gasteiger charge is -2.29. The summed E-state index contributed by atoms with van der Waals surface area (Å²) in [5.41, 5.74) is 1.87. The number of fused-ring (bicyclic) bond motifs is 1. The molecular formula is C25H23ClN4O4S. The normalized spacial score (nSPS) is 15.5. The molecule has 1 aliphatic rings. The molecule has 0 aliphatic carbocycles. The first kappa shape index (κ1) is 24.6. The van der Waals surface area contributed by atoms with Crippen LogP contribution < -0.4 is 14.9 Å². The predicted molar refractivity (Wildman–Crippen MR) is 136 cm³/mol. The van der Waals surface area contributed by atoms with Gasteiger partial charge in [0.15, 0.2) is 4.80 Å². The van der Waals surface area contributed by atoms with E-state index in [0.717, 1.165) is 5.56 Å². The van der Waals surface area contributed by atoms with Crippen molar-refractivity contribution < 1.29 is 9.72 Å². The first-order valence-corrected chi connectivity index (χ1v) is 12.3. The smallest absolute Gasteiger partial charge is 0.271 e. The lowest BCUT2D eigenvalue weighted by Crippen LogP contribution is -2.43. The number of nitrogens with zero attached hydrogens (tertiary/aromatic N) is 4. The van der Waals surface area contributed by atoms with Crippen molar-refractivity contribution in [3.05, 3.63) is 106 Å². The third-order valence-electron chi connectivity index (χ3n) is 5.87. The van der Waals surface area contributed by atoms with E-state index >= 15 is 0 Å². The average Bonchev–Trinajstić information content (AvgIpc) is 3.14. The van der Waals surface area contributed by atoms with Crippen LogP contribution in [0, 0.1) is 10.1 Å². The van der Waals surface area contributed by atoms with Crippen LogP contribution in [0.4, 0.5) is 5.69 Å². The number of carbonyl (C=O) groups is 1. The van der Waals surface area contributed by atoms with Crippen molar-refractivity contribution in [2.45, 2.75) is 26.8 Å². The molecule has 0 N–H and O–H groups in total. The summed E-state index contributed by atoms with van der Waals surface area (Å²) in [6, 6.07) is 12.5. The Morgan fingerprint density at radius 1 is 1.23 bits per heavy atom. The molecule has 3 aromatic rings. The van der Waals surface area contributed by atoms with E-state index in [1.807, 2.05) is 13.8 Å². The molecule has 180 valence electrons. The first-order chi connectivity index (χ1) is 16.7. The minimum Gasteiger partial charge on any atom is -0.339 e. The van der Waals surface area contributed by atoms with Gasteiger partial charge < -0.3 is 4.90 Å². The lowest BCUT2D eigenvalue weighted by atomic mass is 9.94. The maximum Gasteiger partial charge on any atom is 0.271 e. The topological polar surface area (TPSA) is 97.8 Å². The van der Waals surface area contributed by atoms with Crippen LogP contribution in [0.25, 0.3) is 6.08 Å². The summed E-state index contributed by atoms with van der Waals surface area (Å²) in [7, 11) is 0. The molecule has 1 atom stereocenters. The number of thiazole rings is 1. The lowest BCUT2D eigenvalue weighted by molar-refractivity contribution is -0.384. The molecule has 1 aliphatic heterocycles. The average molecular weight is 511 g/mol. The van der Waals surface area contributed by atoms with Gasteiger partial charge >= 0.3 is 0 Å². The minimum atomic E-state index is -0.677. The highest BCUT2D eigenvalue weighted by atomic mass is 35.5. The molecule has 2 aromatic carbocycles. The second-order valence-electron chi connectivity index (χ2n) is 7.96. The van der Waals surface area contributed by atoms with Gasteiger partial charge in [0.25, 0.3) is 17.2 Å². The largest absolute Gasteiger partial charge is 0.339 e. The Hall–Kier alpha value is -3.56. The Bertz CT molecular complexity index is 1520. The summed E-state index contributed by atoms with van der Waals surface area (Å²) in [4.78, 5) is 44.6. The van der Waals surface area contributed by atoms with Crippen molar-refractivity contribution >= 4 is 40.6 Å². The SMILES string of the molecule is CCN(CC)C(=O)C1=C(C)N=c2s/c(=C/c3cccc([N+](=O)[O-])c3)c(=O)n2[C@@H]1c1ccc(Cl)cc1. The molecule has 0 radical (unpaired) electrons. The summed E-state index contributed by atoms with van der Waals surface area (Å²) in [6.45, 7) is 6.64. The van der Waals surface area contributed by atoms with E-state index in [0.29, 0.717) is 44.3 Å². The van der Waals surface area contributed by atoms with E-state index in [2.05, 4.69) is 4.99 Å². The van der Waals surface area contributed by atoms with Crippen LogP contribution in [-0.4, -0.2) is 33.4 Å². The fraction of sp³-hybridized carbons (Fsp3) is 0.240. The Morgan fingerprint density at radius 3 is 2.54 bits per heavy atom. The number of amides is 1. The number of nitro benzene ring substituents is 1. The number of halogens is 1. The van der Waals surface area contributed by atoms with E-state index < -0.39 is 11.0 Å². The number of hydrogen-bond acceptors (Lipinski definition) is 6. The van der Waals surface area contributed by atoms with Crippen molar-refractivity contribution in [2.75, 3.05) is 13.1 Å². The van der Waals surface area contributed by atoms with Gasteiger partial charge in [0, 0.05) is 30.2 Å². The van der Waals surface area contributed by atoms with E-state index in [4.69, 9.17) is 11.6 Å². The second-order valence-corrected chi connectivity index (χ2v) is 9.41. The third-order valence-corrected chi connectivity index (χ3v) is 7.10. The van der Waals surface area contributed by atoms with Crippen LogP contribution in [0.1, 0.15) is 37.9 Å². The summed E-state index contributed by atoms with van der Waals surface area (Å²) in [5.74, 6) is -0.177. The zero-order valence-electron chi connectivity index (χ0n) is 19.4. The number of likely N-dealkylation sites (N-methyl/N-ethyl adjacent to an activating group) is 1. The number of non-ortho nitro benzene ring substituents is 1. The van der Waals surface area contributed by atoms with Crippen molar-refractivity contribution in [3.8, 4) is 0 Å². The minimum absolute atomic E-state index is 0.0616. The van der Waals surface area contributed by atoms with Crippen LogP contribution in [0.3, 0.4) is 0 Å². The number of hydrogen-bond donors (Lipinski definition) is 0. The zero-order chi connectivity index (χ0) is 25.3. The highest BCUT2D eigenvalue weighted by Crippen LogP contribution is 2.31. The van der Waals surface area contributed by atoms with Crippen molar-refractivity contribution in [2.24, 2.45) is 4.99 Å². The van der Waals surface area contributed by atoms with Crippen LogP contribution in [-0.2, 0) is 4.79 Å². The zero-order valence-corrected chi connectivity index (χ0v) is 21.0. The summed E-state index contributed by atoms with van der Waals surface area (Å²) in [5, 5.41) is 11.7. The highest BCUT2D eigenvalue weighted by Gasteiger charge is 2.34. The van der Waals surface area contributed by atoms with Gasteiger partial charge in [-0.3, -0.25) is 24.3 Å². The predicted octanol–water partition coefficient (Wildman–Crippen LogP) is 3.67. The van der Waals surface area contributed by atoms with Crippen molar-refractivity contribution in [1.29, 1.82) is 0 Å². The third kappa shape index (κ3) is 4.69. The van der Waals surface area contributed by atoms with Crippen molar-refractivity contribution in [1.82, 2.24) is 9.47 Å².